The van der Waals surface area contributed by atoms with E-state index in [0.29, 0.717) is 16.3 Å². The van der Waals surface area contributed by atoms with Crippen LogP contribution in [-0.4, -0.2) is 20.0 Å². The second kappa shape index (κ2) is 6.45. The van der Waals surface area contributed by atoms with Gasteiger partial charge in [-0.1, -0.05) is 11.6 Å². The highest BCUT2D eigenvalue weighted by molar-refractivity contribution is 9.10. The van der Waals surface area contributed by atoms with E-state index in [1.807, 2.05) is 25.1 Å². The lowest BCUT2D eigenvalue weighted by Crippen LogP contribution is -2.13. The van der Waals surface area contributed by atoms with Gasteiger partial charge in [0.2, 0.25) is 0 Å². The van der Waals surface area contributed by atoms with Crippen molar-refractivity contribution < 1.29 is 9.18 Å². The van der Waals surface area contributed by atoms with Crippen molar-refractivity contribution in [3.05, 3.63) is 57.3 Å². The molecule has 1 amide bonds. The number of rotatable bonds is 3. The number of carbonyl (C=O) groups is 1. The van der Waals surface area contributed by atoms with Crippen LogP contribution in [-0.2, 0) is 0 Å². The molecule has 0 radical (unpaired) electrons. The van der Waals surface area contributed by atoms with E-state index in [1.165, 1.54) is 18.2 Å². The quantitative estimate of drug-likeness (QED) is 0.858. The number of nitrogens with one attached hydrogen (secondary N) is 1. The molecule has 0 aliphatic rings. The van der Waals surface area contributed by atoms with Crippen molar-refractivity contribution in [2.75, 3.05) is 24.3 Å². The fraction of sp³-hybridized carbons (Fsp3) is 0.133. The molecule has 0 atom stereocenters. The van der Waals surface area contributed by atoms with E-state index in [-0.39, 0.29) is 10.4 Å². The first-order valence-corrected chi connectivity index (χ1v) is 7.29. The van der Waals surface area contributed by atoms with Crippen LogP contribution < -0.4 is 10.2 Å². The van der Waals surface area contributed by atoms with E-state index in [1.54, 1.807) is 12.1 Å². The Morgan fingerprint density at radius 3 is 2.52 bits per heavy atom. The average molecular weight is 372 g/mol. The Labute approximate surface area is 135 Å². The number of nitrogens with zero attached hydrogens (tertiary/aromatic N) is 1. The Kier molecular flexibility index (Phi) is 4.85. The number of hydrogen-bond donors (Lipinski definition) is 1. The molecular formula is C15H13BrClFN2O. The van der Waals surface area contributed by atoms with Crippen molar-refractivity contribution in [3.8, 4) is 0 Å². The second-order valence-corrected chi connectivity index (χ2v) is 5.91. The third kappa shape index (κ3) is 3.74. The maximum atomic E-state index is 13.2. The summed E-state index contributed by atoms with van der Waals surface area (Å²) in [5.41, 5.74) is 1.80. The highest BCUT2D eigenvalue weighted by Crippen LogP contribution is 2.27. The van der Waals surface area contributed by atoms with Gasteiger partial charge in [0.05, 0.1) is 15.2 Å². The van der Waals surface area contributed by atoms with Gasteiger partial charge in [-0.05, 0) is 52.3 Å². The SMILES string of the molecule is CN(C)c1ccc(NC(=O)c2ccc(F)c(Br)c2)cc1Cl. The fourth-order valence-electron chi connectivity index (χ4n) is 1.79. The van der Waals surface area contributed by atoms with Crippen molar-refractivity contribution in [2.24, 2.45) is 0 Å². The maximum absolute atomic E-state index is 13.2. The fourth-order valence-corrected chi connectivity index (χ4v) is 2.52. The molecule has 0 spiro atoms. The number of anilines is 2. The van der Waals surface area contributed by atoms with Gasteiger partial charge >= 0.3 is 0 Å². The van der Waals surface area contributed by atoms with Crippen LogP contribution in [0.15, 0.2) is 40.9 Å². The van der Waals surface area contributed by atoms with Crippen LogP contribution in [0.3, 0.4) is 0 Å². The third-order valence-electron chi connectivity index (χ3n) is 2.87. The van der Waals surface area contributed by atoms with Gasteiger partial charge in [0.1, 0.15) is 5.82 Å². The van der Waals surface area contributed by atoms with Crippen LogP contribution in [0.4, 0.5) is 15.8 Å². The molecule has 21 heavy (non-hydrogen) atoms. The van der Waals surface area contributed by atoms with Gasteiger partial charge in [0.25, 0.3) is 5.91 Å². The van der Waals surface area contributed by atoms with E-state index in [4.69, 9.17) is 11.6 Å². The van der Waals surface area contributed by atoms with Crippen LogP contribution in [0.1, 0.15) is 10.4 Å². The maximum Gasteiger partial charge on any atom is 0.255 e. The summed E-state index contributed by atoms with van der Waals surface area (Å²) in [7, 11) is 3.77. The van der Waals surface area contributed by atoms with Crippen molar-refractivity contribution in [3.63, 3.8) is 0 Å². The Bertz CT molecular complexity index is 691. The number of amides is 1. The lowest BCUT2D eigenvalue weighted by atomic mass is 10.2. The summed E-state index contributed by atoms with van der Waals surface area (Å²) in [6.07, 6.45) is 0. The molecule has 2 rings (SSSR count). The molecule has 0 heterocycles. The molecule has 2 aromatic carbocycles. The van der Waals surface area contributed by atoms with Crippen LogP contribution in [0.5, 0.6) is 0 Å². The van der Waals surface area contributed by atoms with Crippen LogP contribution >= 0.6 is 27.5 Å². The minimum atomic E-state index is -0.412. The summed E-state index contributed by atoms with van der Waals surface area (Å²) < 4.78 is 13.4. The van der Waals surface area contributed by atoms with E-state index >= 15 is 0 Å². The van der Waals surface area contributed by atoms with Crippen LogP contribution in [0.25, 0.3) is 0 Å². The predicted molar refractivity (Wildman–Crippen MR) is 87.8 cm³/mol. The predicted octanol–water partition coefficient (Wildman–Crippen LogP) is 4.56. The van der Waals surface area contributed by atoms with Gasteiger partial charge in [0, 0.05) is 25.3 Å². The normalized spacial score (nSPS) is 10.3. The van der Waals surface area contributed by atoms with Gasteiger partial charge in [-0.3, -0.25) is 4.79 Å². The number of carbonyl (C=O) groups excluding carboxylic acids is 1. The number of halogens is 3. The summed E-state index contributed by atoms with van der Waals surface area (Å²) >= 11 is 9.21. The summed E-state index contributed by atoms with van der Waals surface area (Å²) in [5.74, 6) is -0.741. The van der Waals surface area contributed by atoms with E-state index in [0.717, 1.165) is 5.69 Å². The molecule has 0 saturated heterocycles. The summed E-state index contributed by atoms with van der Waals surface area (Å²) in [4.78, 5) is 14.0. The molecule has 3 nitrogen and oxygen atoms in total. The monoisotopic (exact) mass is 370 g/mol. The standard InChI is InChI=1S/C15H13BrClFN2O/c1-20(2)14-6-4-10(8-12(14)17)19-15(21)9-3-5-13(18)11(16)7-9/h3-8H,1-2H3,(H,19,21). The zero-order valence-electron chi connectivity index (χ0n) is 11.5. The van der Waals surface area contributed by atoms with E-state index < -0.39 is 5.82 Å². The molecule has 0 aliphatic heterocycles. The lowest BCUT2D eigenvalue weighted by Gasteiger charge is -2.15. The van der Waals surface area contributed by atoms with E-state index in [2.05, 4.69) is 21.2 Å². The second-order valence-electron chi connectivity index (χ2n) is 4.64. The molecule has 0 unspecified atom stereocenters. The summed E-state index contributed by atoms with van der Waals surface area (Å²) in [5, 5.41) is 3.27. The largest absolute Gasteiger partial charge is 0.376 e. The Hall–Kier alpha value is -1.59. The minimum absolute atomic E-state index is 0.246. The van der Waals surface area contributed by atoms with E-state index in [9.17, 15) is 9.18 Å². The van der Waals surface area contributed by atoms with Crippen molar-refractivity contribution >= 4 is 44.8 Å². The van der Waals surface area contributed by atoms with Gasteiger partial charge in [0.15, 0.2) is 0 Å². The summed E-state index contributed by atoms with van der Waals surface area (Å²) in [6.45, 7) is 0. The van der Waals surface area contributed by atoms with Gasteiger partial charge < -0.3 is 10.2 Å². The van der Waals surface area contributed by atoms with Crippen LogP contribution in [0, 0.1) is 5.82 Å². The molecule has 0 bridgehead atoms. The topological polar surface area (TPSA) is 32.3 Å². The third-order valence-corrected chi connectivity index (χ3v) is 3.78. The highest BCUT2D eigenvalue weighted by atomic mass is 79.9. The molecule has 6 heteroatoms. The van der Waals surface area contributed by atoms with Gasteiger partial charge in [-0.15, -0.1) is 0 Å². The number of hydrogen-bond acceptors (Lipinski definition) is 2. The van der Waals surface area contributed by atoms with Gasteiger partial charge in [-0.2, -0.15) is 0 Å². The molecule has 2 aromatic rings. The molecule has 0 saturated carbocycles. The first-order valence-electron chi connectivity index (χ1n) is 6.12. The van der Waals surface area contributed by atoms with Crippen molar-refractivity contribution in [2.45, 2.75) is 0 Å². The molecule has 0 aliphatic carbocycles. The molecule has 110 valence electrons. The minimum Gasteiger partial charge on any atom is -0.376 e. The van der Waals surface area contributed by atoms with Crippen LogP contribution in [0.2, 0.25) is 5.02 Å². The molecule has 0 aromatic heterocycles. The lowest BCUT2D eigenvalue weighted by molar-refractivity contribution is 0.102. The molecule has 1 N–H and O–H groups in total. The first-order chi connectivity index (χ1) is 9.88. The molecule has 0 fully saturated rings. The Morgan fingerprint density at radius 2 is 1.95 bits per heavy atom. The zero-order valence-corrected chi connectivity index (χ0v) is 13.8. The first kappa shape index (κ1) is 15.8. The average Bonchev–Trinajstić information content (AvgIpc) is 2.41. The Morgan fingerprint density at radius 1 is 1.24 bits per heavy atom. The Balaban J connectivity index is 2.19. The van der Waals surface area contributed by atoms with Crippen molar-refractivity contribution in [1.29, 1.82) is 0 Å². The highest BCUT2D eigenvalue weighted by Gasteiger charge is 2.10. The summed E-state index contributed by atoms with van der Waals surface area (Å²) in [6, 6.07) is 9.34. The smallest absolute Gasteiger partial charge is 0.255 e. The molecular weight excluding hydrogens is 359 g/mol. The van der Waals surface area contributed by atoms with Gasteiger partial charge in [-0.25, -0.2) is 4.39 Å². The zero-order chi connectivity index (χ0) is 15.6. The van der Waals surface area contributed by atoms with Crippen molar-refractivity contribution in [1.82, 2.24) is 0 Å². The number of benzene rings is 2.